The first-order valence-electron chi connectivity index (χ1n) is 8.71. The standard InChI is InChI=1S/C19H26N4O/c1-22(18-7-3-2-4-8-18)19-10-9-17(20-21-19)14-16-6-5-11-23(15-16)12-13-24/h2-4,7-10,16,24H,5-6,11-15H2,1H3/t16-/m1/s1. The van der Waals surface area contributed by atoms with Crippen LogP contribution in [-0.4, -0.2) is 53.5 Å². The summed E-state index contributed by atoms with van der Waals surface area (Å²) in [6, 6.07) is 14.3. The van der Waals surface area contributed by atoms with Gasteiger partial charge in [0.1, 0.15) is 0 Å². The average molecular weight is 326 g/mol. The van der Waals surface area contributed by atoms with Crippen molar-refractivity contribution >= 4 is 11.5 Å². The van der Waals surface area contributed by atoms with E-state index in [-0.39, 0.29) is 6.61 Å². The number of aliphatic hydroxyl groups is 1. The Bertz CT molecular complexity index is 615. The molecule has 1 fully saturated rings. The van der Waals surface area contributed by atoms with Crippen molar-refractivity contribution in [2.24, 2.45) is 5.92 Å². The molecule has 1 aromatic heterocycles. The molecule has 0 aliphatic carbocycles. The Balaban J connectivity index is 1.60. The zero-order chi connectivity index (χ0) is 16.8. The van der Waals surface area contributed by atoms with Crippen LogP contribution in [0.25, 0.3) is 0 Å². The molecule has 1 saturated heterocycles. The fourth-order valence-corrected chi connectivity index (χ4v) is 3.38. The van der Waals surface area contributed by atoms with Crippen molar-refractivity contribution in [3.05, 3.63) is 48.2 Å². The Morgan fingerprint density at radius 3 is 2.71 bits per heavy atom. The Morgan fingerprint density at radius 2 is 2.00 bits per heavy atom. The van der Waals surface area contributed by atoms with E-state index in [4.69, 9.17) is 5.11 Å². The summed E-state index contributed by atoms with van der Waals surface area (Å²) in [6.45, 7) is 3.17. The monoisotopic (exact) mass is 326 g/mol. The number of rotatable bonds is 6. The number of para-hydroxylation sites is 1. The normalized spacial score (nSPS) is 18.5. The molecule has 0 saturated carbocycles. The lowest BCUT2D eigenvalue weighted by Crippen LogP contribution is -2.38. The lowest BCUT2D eigenvalue weighted by atomic mass is 9.93. The van der Waals surface area contributed by atoms with Gasteiger partial charge in [0.2, 0.25) is 0 Å². The third-order valence-electron chi connectivity index (χ3n) is 4.71. The van der Waals surface area contributed by atoms with E-state index in [9.17, 15) is 0 Å². The van der Waals surface area contributed by atoms with Crippen LogP contribution in [0.5, 0.6) is 0 Å². The Hall–Kier alpha value is -1.98. The summed E-state index contributed by atoms with van der Waals surface area (Å²) >= 11 is 0. The highest BCUT2D eigenvalue weighted by atomic mass is 16.3. The number of likely N-dealkylation sites (tertiary alicyclic amines) is 1. The van der Waals surface area contributed by atoms with E-state index in [1.54, 1.807) is 0 Å². The zero-order valence-electron chi connectivity index (χ0n) is 14.3. The number of hydrogen-bond acceptors (Lipinski definition) is 5. The molecule has 24 heavy (non-hydrogen) atoms. The highest BCUT2D eigenvalue weighted by Gasteiger charge is 2.20. The predicted octanol–water partition coefficient (Wildman–Crippen LogP) is 2.49. The zero-order valence-corrected chi connectivity index (χ0v) is 14.3. The number of anilines is 2. The second kappa shape index (κ2) is 8.22. The fourth-order valence-electron chi connectivity index (χ4n) is 3.38. The summed E-state index contributed by atoms with van der Waals surface area (Å²) in [5.41, 5.74) is 2.16. The van der Waals surface area contributed by atoms with E-state index in [1.807, 2.05) is 36.2 Å². The maximum absolute atomic E-state index is 9.10. The average Bonchev–Trinajstić information content (AvgIpc) is 2.63. The molecule has 1 atom stereocenters. The smallest absolute Gasteiger partial charge is 0.155 e. The van der Waals surface area contributed by atoms with Crippen LogP contribution >= 0.6 is 0 Å². The first kappa shape index (κ1) is 16.9. The Morgan fingerprint density at radius 1 is 1.17 bits per heavy atom. The molecular formula is C19H26N4O. The fraction of sp³-hybridized carbons (Fsp3) is 0.474. The summed E-state index contributed by atoms with van der Waals surface area (Å²) in [4.78, 5) is 4.39. The van der Waals surface area contributed by atoms with Gasteiger partial charge in [-0.25, -0.2) is 0 Å². The molecule has 2 heterocycles. The summed E-state index contributed by atoms with van der Waals surface area (Å²) < 4.78 is 0. The van der Waals surface area contributed by atoms with Gasteiger partial charge >= 0.3 is 0 Å². The predicted molar refractivity (Wildman–Crippen MR) is 96.5 cm³/mol. The van der Waals surface area contributed by atoms with E-state index < -0.39 is 0 Å². The summed E-state index contributed by atoms with van der Waals surface area (Å²) in [5.74, 6) is 1.47. The van der Waals surface area contributed by atoms with Crippen LogP contribution in [0.15, 0.2) is 42.5 Å². The molecule has 5 heteroatoms. The van der Waals surface area contributed by atoms with Crippen LogP contribution < -0.4 is 4.90 Å². The Kier molecular flexibility index (Phi) is 5.77. The molecule has 2 aromatic rings. The maximum atomic E-state index is 9.10. The van der Waals surface area contributed by atoms with Crippen molar-refractivity contribution < 1.29 is 5.11 Å². The summed E-state index contributed by atoms with van der Waals surface area (Å²) in [7, 11) is 2.01. The van der Waals surface area contributed by atoms with Crippen molar-refractivity contribution in [3.8, 4) is 0 Å². The second-order valence-corrected chi connectivity index (χ2v) is 6.51. The third kappa shape index (κ3) is 4.30. The quantitative estimate of drug-likeness (QED) is 0.884. The minimum absolute atomic E-state index is 0.243. The van der Waals surface area contributed by atoms with Gasteiger partial charge in [-0.1, -0.05) is 18.2 Å². The molecule has 5 nitrogen and oxygen atoms in total. The first-order chi connectivity index (χ1) is 11.8. The second-order valence-electron chi connectivity index (χ2n) is 6.51. The van der Waals surface area contributed by atoms with Gasteiger partial charge in [0.25, 0.3) is 0 Å². The van der Waals surface area contributed by atoms with E-state index in [2.05, 4.69) is 33.3 Å². The van der Waals surface area contributed by atoms with E-state index >= 15 is 0 Å². The molecule has 0 unspecified atom stereocenters. The van der Waals surface area contributed by atoms with Gasteiger partial charge < -0.3 is 14.9 Å². The highest BCUT2D eigenvalue weighted by Crippen LogP contribution is 2.22. The van der Waals surface area contributed by atoms with E-state index in [0.717, 1.165) is 43.3 Å². The van der Waals surface area contributed by atoms with Gasteiger partial charge in [0.15, 0.2) is 5.82 Å². The molecular weight excluding hydrogens is 300 g/mol. The molecule has 0 spiro atoms. The van der Waals surface area contributed by atoms with Crippen molar-refractivity contribution in [2.75, 3.05) is 38.2 Å². The largest absolute Gasteiger partial charge is 0.395 e. The van der Waals surface area contributed by atoms with Crippen LogP contribution in [0, 0.1) is 5.92 Å². The molecule has 1 aliphatic rings. The number of benzene rings is 1. The minimum atomic E-state index is 0.243. The minimum Gasteiger partial charge on any atom is -0.395 e. The van der Waals surface area contributed by atoms with E-state index in [0.29, 0.717) is 5.92 Å². The van der Waals surface area contributed by atoms with Gasteiger partial charge in [-0.05, 0) is 56.0 Å². The van der Waals surface area contributed by atoms with Crippen molar-refractivity contribution in [1.82, 2.24) is 15.1 Å². The molecule has 1 aromatic carbocycles. The van der Waals surface area contributed by atoms with Gasteiger partial charge in [-0.2, -0.15) is 5.10 Å². The molecule has 0 amide bonds. The molecule has 1 aliphatic heterocycles. The number of aromatic nitrogens is 2. The SMILES string of the molecule is CN(c1ccccc1)c1ccc(C[C@H]2CCCN(CCO)C2)nn1. The van der Waals surface area contributed by atoms with Crippen molar-refractivity contribution in [2.45, 2.75) is 19.3 Å². The van der Waals surface area contributed by atoms with Crippen LogP contribution in [-0.2, 0) is 6.42 Å². The highest BCUT2D eigenvalue weighted by molar-refractivity contribution is 5.58. The molecule has 0 bridgehead atoms. The topological polar surface area (TPSA) is 52.5 Å². The number of hydrogen-bond donors (Lipinski definition) is 1. The molecule has 128 valence electrons. The van der Waals surface area contributed by atoms with Crippen molar-refractivity contribution in [3.63, 3.8) is 0 Å². The van der Waals surface area contributed by atoms with Gasteiger partial charge in [-0.15, -0.1) is 5.10 Å². The summed E-state index contributed by atoms with van der Waals surface area (Å²) in [5, 5.41) is 17.9. The number of β-amino-alcohol motifs (C(OH)–C–C–N with tert-alkyl or cyclic N) is 1. The molecule has 1 N–H and O–H groups in total. The lowest BCUT2D eigenvalue weighted by Gasteiger charge is -2.32. The van der Waals surface area contributed by atoms with E-state index in [1.165, 1.54) is 12.8 Å². The molecule has 0 radical (unpaired) electrons. The van der Waals surface area contributed by atoms with Crippen molar-refractivity contribution in [1.29, 1.82) is 0 Å². The maximum Gasteiger partial charge on any atom is 0.155 e. The van der Waals surface area contributed by atoms with Gasteiger partial charge in [0.05, 0.1) is 12.3 Å². The number of nitrogens with zero attached hydrogens (tertiary/aromatic N) is 4. The van der Waals surface area contributed by atoms with Gasteiger partial charge in [0, 0.05) is 25.8 Å². The van der Waals surface area contributed by atoms with Crippen LogP contribution in [0.3, 0.4) is 0 Å². The molecule has 3 rings (SSSR count). The summed E-state index contributed by atoms with van der Waals surface area (Å²) in [6.07, 6.45) is 3.40. The number of piperidine rings is 1. The first-order valence-corrected chi connectivity index (χ1v) is 8.71. The van der Waals surface area contributed by atoms with Crippen LogP contribution in [0.2, 0.25) is 0 Å². The van der Waals surface area contributed by atoms with Gasteiger partial charge in [-0.3, -0.25) is 0 Å². The van der Waals surface area contributed by atoms with Crippen LogP contribution in [0.1, 0.15) is 18.5 Å². The van der Waals surface area contributed by atoms with Crippen LogP contribution in [0.4, 0.5) is 11.5 Å². The Labute approximate surface area is 143 Å². The lowest BCUT2D eigenvalue weighted by molar-refractivity contribution is 0.139. The number of aliphatic hydroxyl groups excluding tert-OH is 1. The third-order valence-corrected chi connectivity index (χ3v) is 4.71.